The maximum atomic E-state index is 12.0. The van der Waals surface area contributed by atoms with Gasteiger partial charge >= 0.3 is 5.97 Å². The molecule has 1 aromatic rings. The van der Waals surface area contributed by atoms with E-state index in [1.165, 1.54) is 13.0 Å². The van der Waals surface area contributed by atoms with Crippen molar-refractivity contribution in [3.63, 3.8) is 0 Å². The quantitative estimate of drug-likeness (QED) is 0.898. The van der Waals surface area contributed by atoms with Gasteiger partial charge in [-0.1, -0.05) is 23.2 Å². The van der Waals surface area contributed by atoms with Crippen LogP contribution in [0.2, 0.25) is 8.67 Å². The third-order valence-corrected chi connectivity index (χ3v) is 4.60. The van der Waals surface area contributed by atoms with E-state index >= 15 is 0 Å². The Hall–Kier alpha value is -0.780. The van der Waals surface area contributed by atoms with Crippen LogP contribution in [0.25, 0.3) is 0 Å². The third-order valence-electron chi connectivity index (χ3n) is 3.11. The van der Waals surface area contributed by atoms with Gasteiger partial charge in [-0.3, -0.25) is 4.79 Å². The predicted molar refractivity (Wildman–Crippen MR) is 70.6 cm³/mol. The summed E-state index contributed by atoms with van der Waals surface area (Å²) >= 11 is 12.7. The molecule has 1 atom stereocenters. The number of carboxylic acid groups (broad SMARTS) is 1. The highest BCUT2D eigenvalue weighted by atomic mass is 35.5. The number of hydrogen-bond acceptors (Lipinski definition) is 3. The fourth-order valence-electron chi connectivity index (χ4n) is 1.79. The Bertz CT molecular complexity index is 512. The monoisotopic (exact) mass is 307 g/mol. The highest BCUT2D eigenvalue weighted by molar-refractivity contribution is 7.20. The van der Waals surface area contributed by atoms with Crippen molar-refractivity contribution < 1.29 is 14.7 Å². The van der Waals surface area contributed by atoms with Crippen molar-refractivity contribution in [2.75, 3.05) is 0 Å². The molecule has 1 saturated carbocycles. The number of nitrogens with one attached hydrogen (secondary N) is 1. The minimum atomic E-state index is -1.24. The number of carbonyl (C=O) groups excluding carboxylic acids is 1. The number of hydrogen-bond donors (Lipinski definition) is 2. The van der Waals surface area contributed by atoms with E-state index in [9.17, 15) is 14.7 Å². The van der Waals surface area contributed by atoms with Gasteiger partial charge in [-0.2, -0.15) is 0 Å². The minimum Gasteiger partial charge on any atom is -0.480 e. The zero-order valence-electron chi connectivity index (χ0n) is 9.50. The van der Waals surface area contributed by atoms with Crippen LogP contribution in [0.1, 0.15) is 30.1 Å². The average Bonchev–Trinajstić information content (AvgIpc) is 3.04. The first-order valence-electron chi connectivity index (χ1n) is 5.35. The van der Waals surface area contributed by atoms with Crippen LogP contribution in [0, 0.1) is 5.92 Å². The number of carboxylic acids is 1. The first kappa shape index (κ1) is 13.6. The summed E-state index contributed by atoms with van der Waals surface area (Å²) in [6.07, 6.45) is 1.61. The van der Waals surface area contributed by atoms with Gasteiger partial charge in [-0.05, 0) is 31.7 Å². The van der Waals surface area contributed by atoms with Gasteiger partial charge in [-0.25, -0.2) is 4.79 Å². The smallest absolute Gasteiger partial charge is 0.329 e. The molecule has 98 valence electrons. The van der Waals surface area contributed by atoms with Crippen LogP contribution in [-0.4, -0.2) is 22.5 Å². The second kappa shape index (κ2) is 4.72. The molecule has 0 radical (unpaired) electrons. The summed E-state index contributed by atoms with van der Waals surface area (Å²) in [5.41, 5.74) is -1.02. The van der Waals surface area contributed by atoms with Gasteiger partial charge in [-0.15, -0.1) is 11.3 Å². The SMILES string of the molecule is CC(NC(=O)c1cc(Cl)sc1Cl)(C(=O)O)C1CC1. The van der Waals surface area contributed by atoms with Gasteiger partial charge in [0.1, 0.15) is 9.88 Å². The molecule has 1 fully saturated rings. The molecule has 1 aliphatic rings. The second-order valence-corrected chi connectivity index (χ2v) is 6.76. The molecule has 1 heterocycles. The summed E-state index contributed by atoms with van der Waals surface area (Å²) in [7, 11) is 0. The summed E-state index contributed by atoms with van der Waals surface area (Å²) < 4.78 is 0.662. The van der Waals surface area contributed by atoms with Crippen molar-refractivity contribution in [3.05, 3.63) is 20.3 Å². The van der Waals surface area contributed by atoms with Gasteiger partial charge in [0.15, 0.2) is 0 Å². The molecular weight excluding hydrogens is 297 g/mol. The largest absolute Gasteiger partial charge is 0.480 e. The maximum Gasteiger partial charge on any atom is 0.329 e. The van der Waals surface area contributed by atoms with Gasteiger partial charge in [0, 0.05) is 0 Å². The lowest BCUT2D eigenvalue weighted by atomic mass is 9.95. The topological polar surface area (TPSA) is 66.4 Å². The molecule has 0 aliphatic heterocycles. The van der Waals surface area contributed by atoms with E-state index in [2.05, 4.69) is 5.32 Å². The highest BCUT2D eigenvalue weighted by Crippen LogP contribution is 2.40. The van der Waals surface area contributed by atoms with Crippen molar-refractivity contribution in [1.82, 2.24) is 5.32 Å². The summed E-state index contributed by atoms with van der Waals surface area (Å²) in [4.78, 5) is 23.3. The lowest BCUT2D eigenvalue weighted by Gasteiger charge is -2.25. The Morgan fingerprint density at radius 1 is 1.50 bits per heavy atom. The Morgan fingerprint density at radius 2 is 2.11 bits per heavy atom. The Labute approximate surface area is 118 Å². The van der Waals surface area contributed by atoms with E-state index in [4.69, 9.17) is 23.2 Å². The molecule has 0 bridgehead atoms. The third kappa shape index (κ3) is 2.48. The van der Waals surface area contributed by atoms with Crippen LogP contribution in [0.15, 0.2) is 6.07 Å². The summed E-state index contributed by atoms with van der Waals surface area (Å²) in [6.45, 7) is 1.52. The van der Waals surface area contributed by atoms with Crippen molar-refractivity contribution in [3.8, 4) is 0 Å². The normalized spacial score (nSPS) is 18.2. The molecule has 0 aromatic carbocycles. The highest BCUT2D eigenvalue weighted by Gasteiger charge is 2.48. The second-order valence-electron chi connectivity index (χ2n) is 4.47. The number of aliphatic carboxylic acids is 1. The van der Waals surface area contributed by atoms with Crippen LogP contribution >= 0.6 is 34.5 Å². The van der Waals surface area contributed by atoms with Crippen LogP contribution in [0.3, 0.4) is 0 Å². The molecule has 2 N–H and O–H groups in total. The van der Waals surface area contributed by atoms with Gasteiger partial charge in [0.25, 0.3) is 5.91 Å². The lowest BCUT2D eigenvalue weighted by Crippen LogP contribution is -2.54. The number of carbonyl (C=O) groups is 2. The van der Waals surface area contributed by atoms with Crippen molar-refractivity contribution in [2.45, 2.75) is 25.3 Å². The zero-order chi connectivity index (χ0) is 13.5. The van der Waals surface area contributed by atoms with E-state index in [0.717, 1.165) is 24.2 Å². The van der Waals surface area contributed by atoms with E-state index in [0.29, 0.717) is 4.34 Å². The molecule has 4 nitrogen and oxygen atoms in total. The van der Waals surface area contributed by atoms with E-state index in [1.54, 1.807) is 0 Å². The van der Waals surface area contributed by atoms with E-state index < -0.39 is 17.4 Å². The Kier molecular flexibility index (Phi) is 3.58. The van der Waals surface area contributed by atoms with Crippen molar-refractivity contribution >= 4 is 46.4 Å². The number of thiophene rings is 1. The van der Waals surface area contributed by atoms with Crippen LogP contribution in [0.5, 0.6) is 0 Å². The van der Waals surface area contributed by atoms with Crippen LogP contribution in [0.4, 0.5) is 0 Å². The molecule has 1 amide bonds. The molecule has 0 saturated heterocycles. The molecule has 1 unspecified atom stereocenters. The van der Waals surface area contributed by atoms with Gasteiger partial charge in [0.2, 0.25) is 0 Å². The summed E-state index contributed by atoms with van der Waals surface area (Å²) in [6, 6.07) is 1.44. The molecule has 7 heteroatoms. The van der Waals surface area contributed by atoms with E-state index in [-0.39, 0.29) is 15.8 Å². The first-order valence-corrected chi connectivity index (χ1v) is 6.92. The van der Waals surface area contributed by atoms with Crippen LogP contribution in [-0.2, 0) is 4.79 Å². The minimum absolute atomic E-state index is 0.0215. The van der Waals surface area contributed by atoms with Crippen molar-refractivity contribution in [2.24, 2.45) is 5.92 Å². The number of rotatable bonds is 4. The Balaban J connectivity index is 2.20. The molecule has 0 spiro atoms. The van der Waals surface area contributed by atoms with Crippen LogP contribution < -0.4 is 5.32 Å². The number of amides is 1. The fraction of sp³-hybridized carbons (Fsp3) is 0.455. The molecule has 18 heavy (non-hydrogen) atoms. The average molecular weight is 308 g/mol. The molecule has 1 aliphatic carbocycles. The molecular formula is C11H11Cl2NO3S. The molecule has 2 rings (SSSR count). The maximum absolute atomic E-state index is 12.0. The Morgan fingerprint density at radius 3 is 2.50 bits per heavy atom. The summed E-state index contributed by atoms with van der Waals surface area (Å²) in [5.74, 6) is -1.55. The van der Waals surface area contributed by atoms with E-state index in [1.807, 2.05) is 0 Å². The van der Waals surface area contributed by atoms with Gasteiger partial charge in [0.05, 0.1) is 9.90 Å². The predicted octanol–water partition coefficient (Wildman–Crippen LogP) is 3.04. The van der Waals surface area contributed by atoms with Crippen molar-refractivity contribution in [1.29, 1.82) is 0 Å². The van der Waals surface area contributed by atoms with Gasteiger partial charge < -0.3 is 10.4 Å². The lowest BCUT2D eigenvalue weighted by molar-refractivity contribution is -0.144. The zero-order valence-corrected chi connectivity index (χ0v) is 11.8. The summed E-state index contributed by atoms with van der Waals surface area (Å²) in [5, 5.41) is 11.8. The fourth-order valence-corrected chi connectivity index (χ4v) is 3.25. The first-order chi connectivity index (χ1) is 8.34. The standard InChI is InChI=1S/C11H11Cl2NO3S/c1-11(10(16)17,5-2-3-5)14-9(15)6-4-7(12)18-8(6)13/h4-5H,2-3H2,1H3,(H,14,15)(H,16,17). The molecule has 1 aromatic heterocycles. The number of halogens is 2.